The SMILES string of the molecule is CC(C)[C@H](NC(=O)C12CC3CC(CC(C3)C1)C2)C(=O)NC[C@H](C)c1ccccc1. The quantitative estimate of drug-likeness (QED) is 0.723. The van der Waals surface area contributed by atoms with Crippen molar-refractivity contribution in [3.63, 3.8) is 0 Å². The molecule has 1 aromatic rings. The summed E-state index contributed by atoms with van der Waals surface area (Å²) < 4.78 is 0. The van der Waals surface area contributed by atoms with E-state index < -0.39 is 6.04 Å². The zero-order valence-electron chi connectivity index (χ0n) is 18.1. The lowest BCUT2D eigenvalue weighted by molar-refractivity contribution is -0.149. The Morgan fingerprint density at radius 2 is 1.52 bits per heavy atom. The molecule has 29 heavy (non-hydrogen) atoms. The predicted molar refractivity (Wildman–Crippen MR) is 115 cm³/mol. The summed E-state index contributed by atoms with van der Waals surface area (Å²) in [5, 5.41) is 6.27. The average molecular weight is 397 g/mol. The fourth-order valence-electron chi connectivity index (χ4n) is 6.48. The first-order valence-electron chi connectivity index (χ1n) is 11.5. The number of rotatable bonds is 7. The van der Waals surface area contributed by atoms with Crippen LogP contribution in [0.15, 0.2) is 30.3 Å². The first kappa shape index (κ1) is 20.4. The third-order valence-corrected chi connectivity index (χ3v) is 7.71. The molecule has 4 aliphatic carbocycles. The van der Waals surface area contributed by atoms with Gasteiger partial charge in [0.15, 0.2) is 0 Å². The molecule has 2 atom stereocenters. The number of amides is 2. The van der Waals surface area contributed by atoms with Crippen molar-refractivity contribution in [3.05, 3.63) is 35.9 Å². The molecule has 0 radical (unpaired) electrons. The van der Waals surface area contributed by atoms with Gasteiger partial charge in [-0.15, -0.1) is 0 Å². The highest BCUT2D eigenvalue weighted by Crippen LogP contribution is 2.60. The van der Waals surface area contributed by atoms with Gasteiger partial charge in [-0.05, 0) is 73.7 Å². The molecule has 0 heterocycles. The minimum Gasteiger partial charge on any atom is -0.354 e. The van der Waals surface area contributed by atoms with Crippen molar-refractivity contribution in [1.82, 2.24) is 10.6 Å². The fourth-order valence-corrected chi connectivity index (χ4v) is 6.48. The standard InChI is InChI=1S/C25H36N2O2/c1-16(2)22(23(28)26-15-17(3)21-7-5-4-6-8-21)27-24(29)25-12-18-9-19(13-25)11-20(10-18)14-25/h4-8,16-20,22H,9-15H2,1-3H3,(H,26,28)(H,27,29)/t17-,18?,19?,20?,22-,25?/m0/s1. The molecule has 0 unspecified atom stereocenters. The molecule has 0 spiro atoms. The molecule has 2 amide bonds. The van der Waals surface area contributed by atoms with Crippen LogP contribution in [-0.2, 0) is 9.59 Å². The summed E-state index contributed by atoms with van der Waals surface area (Å²) >= 11 is 0. The van der Waals surface area contributed by atoms with E-state index in [-0.39, 0.29) is 29.1 Å². The second-order valence-corrected chi connectivity index (χ2v) is 10.4. The number of nitrogens with one attached hydrogen (secondary N) is 2. The van der Waals surface area contributed by atoms with E-state index >= 15 is 0 Å². The number of carbonyl (C=O) groups excluding carboxylic acids is 2. The maximum Gasteiger partial charge on any atom is 0.242 e. The Bertz CT molecular complexity index is 707. The third-order valence-electron chi connectivity index (χ3n) is 7.71. The molecule has 0 aromatic heterocycles. The minimum atomic E-state index is -0.460. The Labute approximate surface area is 175 Å². The summed E-state index contributed by atoms with van der Waals surface area (Å²) in [6.07, 6.45) is 7.04. The van der Waals surface area contributed by atoms with Gasteiger partial charge in [0, 0.05) is 12.0 Å². The van der Waals surface area contributed by atoms with Crippen molar-refractivity contribution < 1.29 is 9.59 Å². The van der Waals surface area contributed by atoms with Crippen molar-refractivity contribution in [2.45, 2.75) is 71.3 Å². The van der Waals surface area contributed by atoms with E-state index in [4.69, 9.17) is 0 Å². The van der Waals surface area contributed by atoms with Crippen LogP contribution in [-0.4, -0.2) is 24.4 Å². The molecule has 4 nitrogen and oxygen atoms in total. The molecule has 5 rings (SSSR count). The number of hydrogen-bond donors (Lipinski definition) is 2. The molecule has 4 aliphatic rings. The van der Waals surface area contributed by atoms with Crippen molar-refractivity contribution in [3.8, 4) is 0 Å². The zero-order valence-corrected chi connectivity index (χ0v) is 18.1. The smallest absolute Gasteiger partial charge is 0.242 e. The summed E-state index contributed by atoms with van der Waals surface area (Å²) in [5.41, 5.74) is 1.01. The predicted octanol–water partition coefficient (Wildman–Crippen LogP) is 4.26. The number of carbonyl (C=O) groups is 2. The van der Waals surface area contributed by atoms with Crippen LogP contribution in [0.3, 0.4) is 0 Å². The molecule has 4 fully saturated rings. The molecule has 2 N–H and O–H groups in total. The lowest BCUT2D eigenvalue weighted by atomic mass is 9.49. The minimum absolute atomic E-state index is 0.0548. The molecule has 0 aliphatic heterocycles. The molecular weight excluding hydrogens is 360 g/mol. The molecule has 4 saturated carbocycles. The van der Waals surface area contributed by atoms with Crippen LogP contribution in [0.4, 0.5) is 0 Å². The van der Waals surface area contributed by atoms with Crippen LogP contribution >= 0.6 is 0 Å². The van der Waals surface area contributed by atoms with Gasteiger partial charge in [0.1, 0.15) is 6.04 Å². The molecular formula is C25H36N2O2. The Hall–Kier alpha value is -1.84. The Morgan fingerprint density at radius 1 is 0.966 bits per heavy atom. The van der Waals surface area contributed by atoms with E-state index in [1.807, 2.05) is 32.0 Å². The summed E-state index contributed by atoms with van der Waals surface area (Å²) in [4.78, 5) is 26.3. The van der Waals surface area contributed by atoms with Gasteiger partial charge in [-0.1, -0.05) is 51.1 Å². The molecule has 0 saturated heterocycles. The summed E-state index contributed by atoms with van der Waals surface area (Å²) in [6, 6.07) is 9.77. The third kappa shape index (κ3) is 4.22. The summed E-state index contributed by atoms with van der Waals surface area (Å²) in [7, 11) is 0. The van der Waals surface area contributed by atoms with Gasteiger partial charge in [-0.25, -0.2) is 0 Å². The van der Waals surface area contributed by atoms with E-state index in [1.54, 1.807) is 0 Å². The van der Waals surface area contributed by atoms with Crippen LogP contribution in [0, 0.1) is 29.1 Å². The molecule has 4 bridgehead atoms. The summed E-state index contributed by atoms with van der Waals surface area (Å²) in [5.74, 6) is 2.58. The maximum absolute atomic E-state index is 13.4. The Morgan fingerprint density at radius 3 is 2.03 bits per heavy atom. The van der Waals surface area contributed by atoms with Gasteiger partial charge < -0.3 is 10.6 Å². The highest BCUT2D eigenvalue weighted by molar-refractivity contribution is 5.90. The first-order chi connectivity index (χ1) is 13.9. The highest BCUT2D eigenvalue weighted by Gasteiger charge is 2.55. The van der Waals surface area contributed by atoms with Gasteiger partial charge in [0.05, 0.1) is 0 Å². The zero-order chi connectivity index (χ0) is 20.6. The van der Waals surface area contributed by atoms with Gasteiger partial charge in [0.25, 0.3) is 0 Å². The van der Waals surface area contributed by atoms with Crippen LogP contribution in [0.1, 0.15) is 70.8 Å². The largest absolute Gasteiger partial charge is 0.354 e. The van der Waals surface area contributed by atoms with E-state index in [9.17, 15) is 9.59 Å². The second kappa shape index (κ2) is 8.12. The van der Waals surface area contributed by atoms with Gasteiger partial charge in [0.2, 0.25) is 11.8 Å². The maximum atomic E-state index is 13.4. The lowest BCUT2D eigenvalue weighted by Crippen LogP contribution is -2.58. The van der Waals surface area contributed by atoms with Crippen molar-refractivity contribution in [2.24, 2.45) is 29.1 Å². The second-order valence-electron chi connectivity index (χ2n) is 10.4. The highest BCUT2D eigenvalue weighted by atomic mass is 16.2. The molecule has 158 valence electrons. The topological polar surface area (TPSA) is 58.2 Å². The average Bonchev–Trinajstić information content (AvgIpc) is 2.69. The monoisotopic (exact) mass is 396 g/mol. The number of benzene rings is 1. The summed E-state index contributed by atoms with van der Waals surface area (Å²) in [6.45, 7) is 6.74. The van der Waals surface area contributed by atoms with Gasteiger partial charge >= 0.3 is 0 Å². The van der Waals surface area contributed by atoms with Crippen molar-refractivity contribution in [1.29, 1.82) is 0 Å². The van der Waals surface area contributed by atoms with Crippen LogP contribution in [0.25, 0.3) is 0 Å². The number of hydrogen-bond acceptors (Lipinski definition) is 2. The van der Waals surface area contributed by atoms with Crippen molar-refractivity contribution in [2.75, 3.05) is 6.54 Å². The first-order valence-corrected chi connectivity index (χ1v) is 11.5. The van der Waals surface area contributed by atoms with Gasteiger partial charge in [-0.3, -0.25) is 9.59 Å². The van der Waals surface area contributed by atoms with E-state index in [1.165, 1.54) is 24.8 Å². The normalized spacial score (nSPS) is 32.1. The van der Waals surface area contributed by atoms with E-state index in [0.717, 1.165) is 37.0 Å². The Balaban J connectivity index is 1.37. The molecule has 1 aromatic carbocycles. The molecule has 4 heteroatoms. The van der Waals surface area contributed by atoms with Crippen LogP contribution in [0.5, 0.6) is 0 Å². The van der Waals surface area contributed by atoms with Crippen LogP contribution in [0.2, 0.25) is 0 Å². The van der Waals surface area contributed by atoms with E-state index in [0.29, 0.717) is 6.54 Å². The van der Waals surface area contributed by atoms with E-state index in [2.05, 4.69) is 29.7 Å². The van der Waals surface area contributed by atoms with Crippen LogP contribution < -0.4 is 10.6 Å². The Kier molecular flexibility index (Phi) is 5.72. The van der Waals surface area contributed by atoms with Crippen molar-refractivity contribution >= 4 is 11.8 Å². The fraction of sp³-hybridized carbons (Fsp3) is 0.680. The lowest BCUT2D eigenvalue weighted by Gasteiger charge is -2.55. The van der Waals surface area contributed by atoms with Gasteiger partial charge in [-0.2, -0.15) is 0 Å².